The third kappa shape index (κ3) is 2.89. The van der Waals surface area contributed by atoms with Crippen molar-refractivity contribution in [1.82, 2.24) is 20.1 Å². The van der Waals surface area contributed by atoms with E-state index in [1.54, 1.807) is 12.3 Å². The van der Waals surface area contributed by atoms with Gasteiger partial charge in [0, 0.05) is 25.4 Å². The van der Waals surface area contributed by atoms with E-state index >= 15 is 0 Å². The molecular formula is C21H17FN6O2. The lowest BCUT2D eigenvalue weighted by Crippen LogP contribution is -2.21. The molecule has 2 aliphatic rings. The summed E-state index contributed by atoms with van der Waals surface area (Å²) in [7, 11) is 0. The van der Waals surface area contributed by atoms with E-state index in [9.17, 15) is 19.6 Å². The van der Waals surface area contributed by atoms with Crippen LogP contribution in [0.25, 0.3) is 16.9 Å². The highest BCUT2D eigenvalue weighted by molar-refractivity contribution is 6.01. The number of aliphatic hydroxyl groups excluding tert-OH is 1. The molecule has 0 spiro atoms. The summed E-state index contributed by atoms with van der Waals surface area (Å²) < 4.78 is 32.5. The molecule has 9 heteroatoms. The van der Waals surface area contributed by atoms with Gasteiger partial charge in [-0.1, -0.05) is 6.07 Å². The summed E-state index contributed by atoms with van der Waals surface area (Å²) in [6.07, 6.45) is 1.78. The van der Waals surface area contributed by atoms with Crippen LogP contribution in [0, 0.1) is 17.1 Å². The van der Waals surface area contributed by atoms with E-state index in [-0.39, 0.29) is 33.8 Å². The summed E-state index contributed by atoms with van der Waals surface area (Å²) in [5, 5.41) is 26.0. The molecule has 150 valence electrons. The first-order valence-electron chi connectivity index (χ1n) is 10.3. The van der Waals surface area contributed by atoms with E-state index in [0.717, 1.165) is 0 Å². The van der Waals surface area contributed by atoms with Gasteiger partial charge in [0.25, 0.3) is 5.91 Å². The Balaban J connectivity index is 1.71. The van der Waals surface area contributed by atoms with Crippen LogP contribution in [0.2, 0.25) is 0 Å². The van der Waals surface area contributed by atoms with Gasteiger partial charge in [-0.05, 0) is 24.6 Å². The lowest BCUT2D eigenvalue weighted by atomic mass is 10.0. The molecule has 0 radical (unpaired) electrons. The number of halogens is 1. The van der Waals surface area contributed by atoms with Crippen LogP contribution in [0.3, 0.4) is 0 Å². The minimum Gasteiger partial charge on any atom is -0.391 e. The molecule has 4 heterocycles. The van der Waals surface area contributed by atoms with Gasteiger partial charge in [0.1, 0.15) is 5.82 Å². The zero-order chi connectivity index (χ0) is 22.6. The number of hydrogen-bond donors (Lipinski definition) is 2. The average Bonchev–Trinajstić information content (AvgIpc) is 3.45. The second-order valence-electron chi connectivity index (χ2n) is 7.11. The number of carbonyl (C=O) groups excluding carboxylic acids is 1. The Hall–Kier alpha value is -3.77. The molecule has 3 aromatic rings. The van der Waals surface area contributed by atoms with Crippen molar-refractivity contribution in [2.45, 2.75) is 19.0 Å². The molecule has 1 fully saturated rings. The van der Waals surface area contributed by atoms with Crippen LogP contribution >= 0.6 is 0 Å². The zero-order valence-electron chi connectivity index (χ0n) is 17.6. The number of pyridine rings is 1. The highest BCUT2D eigenvalue weighted by Gasteiger charge is 2.29. The summed E-state index contributed by atoms with van der Waals surface area (Å²) in [6, 6.07) is 9.10. The predicted molar refractivity (Wildman–Crippen MR) is 105 cm³/mol. The zero-order valence-corrected chi connectivity index (χ0v) is 15.6. The van der Waals surface area contributed by atoms with Gasteiger partial charge in [-0.15, -0.1) is 0 Å². The molecule has 2 aliphatic heterocycles. The molecule has 0 saturated carbocycles. The number of carbonyl (C=O) groups is 1. The highest BCUT2D eigenvalue weighted by atomic mass is 19.1. The second kappa shape index (κ2) is 6.93. The Labute approximate surface area is 174 Å². The van der Waals surface area contributed by atoms with E-state index in [1.165, 1.54) is 28.9 Å². The Morgan fingerprint density at radius 2 is 2.23 bits per heavy atom. The van der Waals surface area contributed by atoms with Gasteiger partial charge >= 0.3 is 0 Å². The Bertz CT molecular complexity index is 1300. The van der Waals surface area contributed by atoms with E-state index in [1.807, 2.05) is 11.0 Å². The second-order valence-corrected chi connectivity index (χ2v) is 7.11. The smallest absolute Gasteiger partial charge is 0.255 e. The van der Waals surface area contributed by atoms with E-state index < -0.39 is 24.3 Å². The monoisotopic (exact) mass is 406 g/mol. The van der Waals surface area contributed by atoms with Crippen LogP contribution in [-0.4, -0.2) is 45.0 Å². The van der Waals surface area contributed by atoms with Crippen molar-refractivity contribution < 1.29 is 17.0 Å². The number of hydrogen-bond acceptors (Lipinski definition) is 6. The number of nitrogens with zero attached hydrogens (tertiary/aromatic N) is 5. The van der Waals surface area contributed by atoms with Crippen LogP contribution in [0.4, 0.5) is 10.2 Å². The fourth-order valence-corrected chi connectivity index (χ4v) is 3.78. The first-order chi connectivity index (χ1) is 15.3. The van der Waals surface area contributed by atoms with Gasteiger partial charge in [-0.3, -0.25) is 4.79 Å². The van der Waals surface area contributed by atoms with E-state index in [0.29, 0.717) is 25.3 Å². The number of aliphatic hydroxyl groups is 1. The number of β-amino-alcohol motifs (C(OH)–C–C–N with tert-alkyl or cyclic N) is 1. The molecule has 5 rings (SSSR count). The fourth-order valence-electron chi connectivity index (χ4n) is 3.78. The van der Waals surface area contributed by atoms with Gasteiger partial charge in [-0.2, -0.15) is 10.4 Å². The number of anilines is 1. The number of nitrogens with one attached hydrogen (secondary N) is 1. The summed E-state index contributed by atoms with van der Waals surface area (Å²) in [4.78, 5) is 18.8. The number of nitriles is 1. The van der Waals surface area contributed by atoms with Gasteiger partial charge in [-0.25, -0.2) is 14.1 Å². The Morgan fingerprint density at radius 1 is 1.37 bits per heavy atom. The van der Waals surface area contributed by atoms with E-state index in [2.05, 4.69) is 15.4 Å². The summed E-state index contributed by atoms with van der Waals surface area (Å²) in [5.41, 5.74) is -0.0254. The van der Waals surface area contributed by atoms with Crippen LogP contribution in [0.5, 0.6) is 0 Å². The van der Waals surface area contributed by atoms with Crippen LogP contribution < -0.4 is 10.2 Å². The number of aromatic nitrogens is 3. The summed E-state index contributed by atoms with van der Waals surface area (Å²) in [6.45, 7) is -1.22. The molecule has 1 amide bonds. The molecule has 2 N–H and O–H groups in total. The van der Waals surface area contributed by atoms with Crippen molar-refractivity contribution in [2.75, 3.05) is 18.0 Å². The third-order valence-corrected chi connectivity index (χ3v) is 5.22. The standard InChI is InChI=1S/C21H17FN6O2/c22-14-3-1-2-12(9-23)19(14)15-8-17(20-16(25-15)10-24-21(20)30)28-7-5-18(26-28)27-6-4-13(29)11-27/h1-3,5,7-8,13,29H,4,6,10-11H2,(H,24,30)/t13-/m1/s1/i10D2. The minimum atomic E-state index is -2.27. The Kier molecular flexibility index (Phi) is 3.71. The topological polar surface area (TPSA) is 107 Å². The summed E-state index contributed by atoms with van der Waals surface area (Å²) >= 11 is 0. The maximum absolute atomic E-state index is 14.7. The molecule has 2 aromatic heterocycles. The lowest BCUT2D eigenvalue weighted by Gasteiger charge is -2.14. The van der Waals surface area contributed by atoms with Crippen LogP contribution in [0.1, 0.15) is 30.8 Å². The maximum atomic E-state index is 14.7. The minimum absolute atomic E-state index is 0.00953. The first kappa shape index (κ1) is 16.1. The van der Waals surface area contributed by atoms with Gasteiger partial charge < -0.3 is 15.3 Å². The molecule has 0 aliphatic carbocycles. The first-order valence-corrected chi connectivity index (χ1v) is 9.34. The SMILES string of the molecule is [2H]C1([2H])NC(=O)c2c(-n3ccc(N4CC[C@@H](O)C4)n3)cc(-c3c(F)cccc3C#N)nc21. The number of amides is 1. The molecule has 1 atom stereocenters. The molecule has 8 nitrogen and oxygen atoms in total. The largest absolute Gasteiger partial charge is 0.391 e. The van der Waals surface area contributed by atoms with Crippen molar-refractivity contribution in [3.05, 3.63) is 59.2 Å². The number of fused-ring (bicyclic) bond motifs is 1. The average molecular weight is 406 g/mol. The quantitative estimate of drug-likeness (QED) is 0.686. The van der Waals surface area contributed by atoms with Crippen molar-refractivity contribution in [3.63, 3.8) is 0 Å². The Morgan fingerprint density at radius 3 is 3.00 bits per heavy atom. The molecule has 0 unspecified atom stereocenters. The fraction of sp³-hybridized carbons (Fsp3) is 0.238. The lowest BCUT2D eigenvalue weighted by molar-refractivity contribution is 0.0965. The van der Waals surface area contributed by atoms with Crippen LogP contribution in [-0.2, 0) is 6.50 Å². The van der Waals surface area contributed by atoms with Gasteiger partial charge in [0.05, 0.1) is 55.2 Å². The molecule has 0 bridgehead atoms. The van der Waals surface area contributed by atoms with Crippen LogP contribution in [0.15, 0.2) is 36.5 Å². The van der Waals surface area contributed by atoms with Crippen molar-refractivity contribution in [1.29, 1.82) is 5.26 Å². The van der Waals surface area contributed by atoms with Crippen molar-refractivity contribution in [3.8, 4) is 23.0 Å². The van der Waals surface area contributed by atoms with Crippen molar-refractivity contribution >= 4 is 11.7 Å². The van der Waals surface area contributed by atoms with Crippen molar-refractivity contribution in [2.24, 2.45) is 0 Å². The molecule has 30 heavy (non-hydrogen) atoms. The maximum Gasteiger partial charge on any atom is 0.255 e. The summed E-state index contributed by atoms with van der Waals surface area (Å²) in [5.74, 6) is -0.770. The van der Waals surface area contributed by atoms with Gasteiger partial charge in [0.15, 0.2) is 5.82 Å². The molecular weight excluding hydrogens is 387 g/mol. The number of benzene rings is 1. The third-order valence-electron chi connectivity index (χ3n) is 5.22. The normalized spacial score (nSPS) is 20.4. The molecule has 1 aromatic carbocycles. The van der Waals surface area contributed by atoms with E-state index in [4.69, 9.17) is 2.74 Å². The van der Waals surface area contributed by atoms with Gasteiger partial charge in [0.2, 0.25) is 0 Å². The molecule has 1 saturated heterocycles. The number of rotatable bonds is 3. The predicted octanol–water partition coefficient (Wildman–Crippen LogP) is 1.76. The highest BCUT2D eigenvalue weighted by Crippen LogP contribution is 2.31.